The number of unbranched alkanes of at least 4 members (excludes halogenated alkanes) is 25. The van der Waals surface area contributed by atoms with Crippen LogP contribution >= 0.6 is 0 Å². The van der Waals surface area contributed by atoms with Gasteiger partial charge in [-0.15, -0.1) is 0 Å². The van der Waals surface area contributed by atoms with E-state index in [4.69, 9.17) is 56.8 Å². The van der Waals surface area contributed by atoms with Crippen molar-refractivity contribution in [1.29, 1.82) is 0 Å². The van der Waals surface area contributed by atoms with Gasteiger partial charge < -0.3 is 56.8 Å². The Morgan fingerprint density at radius 2 is 0.699 bits per heavy atom. The SMILES string of the molecule is CC(=O)OC[C@H]1O[C@H](O[C@]2(COC(C)=O)O[C@H](COC(=O)C(C)C)[C@@H](OC(=O)C(C)C)[C@@H]2OC(=O)C(C)C)[C@H](OC(=O)C(C)C)[C@@H](OC(=O)C(C)C)[C@@H]1OC(=O)C(C)C.CCCCCCCCCCCCCCCCOC(=O)CCCCCCCCCCCCCCC. The number of ether oxygens (including phenoxy) is 12. The zero-order valence-electron chi connectivity index (χ0n) is 60.3. The summed E-state index contributed by atoms with van der Waals surface area (Å²) < 4.78 is 70.3. The fourth-order valence-corrected chi connectivity index (χ4v) is 10.1. The zero-order chi connectivity index (χ0) is 69.9. The van der Waals surface area contributed by atoms with Crippen LogP contribution in [0, 0.1) is 35.5 Å². The maximum Gasteiger partial charge on any atom is 0.308 e. The number of esters is 9. The molecule has 0 N–H and O–H groups in total. The molecule has 540 valence electrons. The standard InChI is InChI=1S/C40H62O19.C32H64O2/c1-18(2)33(43)50-16-27-29(54-35(45)20(5)6)32(57-38(48)23(11)12)40(58-27,17-51-25(14)42)59-39-31(56-37(47)22(9)10)30(55-36(46)21(7)8)28(53-34(44)19(3)4)26(52-39)15-49-24(13)41;1-3-5-7-9-11-13-15-17-19-21-23-25-27-29-31-34-32(33)30-28-26-24-22-20-18-16-14-12-10-8-6-4-2/h18-23,26-32,39H,15-17H2,1-14H3;3-31H2,1-2H3/t26-,27-,28-,29-,30+,31-,32+,39-,40+;/m1./s1. The van der Waals surface area contributed by atoms with Crippen LogP contribution in [0.1, 0.15) is 291 Å². The summed E-state index contributed by atoms with van der Waals surface area (Å²) in [6.07, 6.45) is 23.6. The Morgan fingerprint density at radius 3 is 1.10 bits per heavy atom. The lowest BCUT2D eigenvalue weighted by Gasteiger charge is -2.47. The molecule has 2 heterocycles. The summed E-state index contributed by atoms with van der Waals surface area (Å²) in [7, 11) is 0. The molecule has 93 heavy (non-hydrogen) atoms. The molecule has 0 aromatic carbocycles. The molecule has 0 unspecified atom stereocenters. The molecule has 0 aromatic rings. The first-order valence-corrected chi connectivity index (χ1v) is 35.7. The third kappa shape index (κ3) is 36.7. The highest BCUT2D eigenvalue weighted by atomic mass is 16.8. The van der Waals surface area contributed by atoms with Gasteiger partial charge in [-0.05, 0) is 12.8 Å². The summed E-state index contributed by atoms with van der Waals surface area (Å²) in [6.45, 7) is 23.6. The molecule has 2 aliphatic heterocycles. The second kappa shape index (κ2) is 49.6. The highest BCUT2D eigenvalue weighted by Gasteiger charge is 2.65. The Hall–Kier alpha value is -4.89. The number of hydrogen-bond acceptors (Lipinski definition) is 21. The van der Waals surface area contributed by atoms with E-state index in [1.807, 2.05) is 0 Å². The normalized spacial score (nSPS) is 21.1. The Bertz CT molecular complexity index is 2120. The molecule has 9 atom stereocenters. The van der Waals surface area contributed by atoms with Gasteiger partial charge in [0.1, 0.15) is 32.0 Å². The highest BCUT2D eigenvalue weighted by molar-refractivity contribution is 5.75. The van der Waals surface area contributed by atoms with Gasteiger partial charge in [-0.25, -0.2) is 0 Å². The first-order chi connectivity index (χ1) is 44.1. The van der Waals surface area contributed by atoms with Gasteiger partial charge in [-0.3, -0.25) is 43.2 Å². The van der Waals surface area contributed by atoms with E-state index in [2.05, 4.69) is 13.8 Å². The molecule has 2 rings (SSSR count). The Balaban J connectivity index is 0.00000108. The average molecular weight is 1330 g/mol. The van der Waals surface area contributed by atoms with Crippen molar-refractivity contribution in [2.24, 2.45) is 35.5 Å². The molecule has 21 heteroatoms. The van der Waals surface area contributed by atoms with Gasteiger partial charge in [0.15, 0.2) is 30.5 Å². The zero-order valence-corrected chi connectivity index (χ0v) is 60.3. The summed E-state index contributed by atoms with van der Waals surface area (Å²) in [4.78, 5) is 116. The smallest absolute Gasteiger partial charge is 0.308 e. The molecule has 0 radical (unpaired) electrons. The second-order valence-electron chi connectivity index (χ2n) is 27.0. The summed E-state index contributed by atoms with van der Waals surface area (Å²) >= 11 is 0. The summed E-state index contributed by atoms with van der Waals surface area (Å²) in [5.41, 5.74) is 0. The van der Waals surface area contributed by atoms with Gasteiger partial charge in [-0.2, -0.15) is 0 Å². The first kappa shape index (κ1) is 86.1. The van der Waals surface area contributed by atoms with Crippen LogP contribution in [0.25, 0.3) is 0 Å². The van der Waals surface area contributed by atoms with Crippen molar-refractivity contribution in [3.05, 3.63) is 0 Å². The van der Waals surface area contributed by atoms with Crippen molar-refractivity contribution >= 4 is 53.7 Å². The summed E-state index contributed by atoms with van der Waals surface area (Å²) in [5.74, 6) is -13.4. The minimum atomic E-state index is -2.54. The molecular weight excluding hydrogens is 1200 g/mol. The molecule has 0 aromatic heterocycles. The maximum atomic E-state index is 13.4. The number of carbonyl (C=O) groups excluding carboxylic acids is 9. The molecule has 2 fully saturated rings. The molecule has 0 aliphatic carbocycles. The quantitative estimate of drug-likeness (QED) is 0.0311. The van der Waals surface area contributed by atoms with Gasteiger partial charge in [0, 0.05) is 20.3 Å². The van der Waals surface area contributed by atoms with Gasteiger partial charge in [0.05, 0.1) is 42.1 Å². The van der Waals surface area contributed by atoms with E-state index in [-0.39, 0.29) is 5.97 Å². The Morgan fingerprint density at radius 1 is 0.355 bits per heavy atom. The van der Waals surface area contributed by atoms with Gasteiger partial charge >= 0.3 is 53.7 Å². The monoisotopic (exact) mass is 1330 g/mol. The minimum absolute atomic E-state index is 0.0257. The number of rotatable bonds is 48. The minimum Gasteiger partial charge on any atom is -0.466 e. The molecule has 2 aliphatic rings. The Kier molecular flexibility index (Phi) is 45.9. The van der Waals surface area contributed by atoms with E-state index >= 15 is 0 Å². The largest absolute Gasteiger partial charge is 0.466 e. The predicted molar refractivity (Wildman–Crippen MR) is 352 cm³/mol. The van der Waals surface area contributed by atoms with Crippen LogP contribution in [-0.2, 0) is 100.0 Å². The third-order valence-electron chi connectivity index (χ3n) is 16.0. The highest BCUT2D eigenvalue weighted by Crippen LogP contribution is 2.42. The molecule has 2 saturated heterocycles. The molecule has 0 saturated carbocycles. The predicted octanol–water partition coefficient (Wildman–Crippen LogP) is 14.5. The van der Waals surface area contributed by atoms with Crippen molar-refractivity contribution in [1.82, 2.24) is 0 Å². The molecule has 0 amide bonds. The maximum absolute atomic E-state index is 13.4. The molecule has 0 spiro atoms. The lowest BCUT2D eigenvalue weighted by atomic mass is 9.97. The van der Waals surface area contributed by atoms with Crippen molar-refractivity contribution in [2.45, 2.75) is 345 Å². The molecule has 0 bridgehead atoms. The Labute approximate surface area is 558 Å². The van der Waals surface area contributed by atoms with E-state index < -0.39 is 158 Å². The first-order valence-electron chi connectivity index (χ1n) is 35.7. The lowest BCUT2D eigenvalue weighted by Crippen LogP contribution is -2.66. The van der Waals surface area contributed by atoms with Crippen molar-refractivity contribution < 1.29 is 100.0 Å². The van der Waals surface area contributed by atoms with Crippen LogP contribution in [0.15, 0.2) is 0 Å². The topological polar surface area (TPSA) is 264 Å². The average Bonchev–Trinajstić information content (AvgIpc) is 1.68. The van der Waals surface area contributed by atoms with Crippen molar-refractivity contribution in [2.75, 3.05) is 26.4 Å². The van der Waals surface area contributed by atoms with E-state index in [9.17, 15) is 43.2 Å². The number of hydrogen-bond donors (Lipinski definition) is 0. The molecule has 21 nitrogen and oxygen atoms in total. The summed E-state index contributed by atoms with van der Waals surface area (Å²) in [6, 6.07) is 0. The van der Waals surface area contributed by atoms with E-state index in [1.54, 1.807) is 13.8 Å². The van der Waals surface area contributed by atoms with Crippen LogP contribution < -0.4 is 0 Å². The fourth-order valence-electron chi connectivity index (χ4n) is 10.1. The fraction of sp³-hybridized carbons (Fsp3) is 0.875. The van der Waals surface area contributed by atoms with Crippen LogP contribution in [0.5, 0.6) is 0 Å². The molecular formula is C72H126O21. The van der Waals surface area contributed by atoms with Crippen molar-refractivity contribution in [3.8, 4) is 0 Å². The third-order valence-corrected chi connectivity index (χ3v) is 16.0. The van der Waals surface area contributed by atoms with Crippen molar-refractivity contribution in [3.63, 3.8) is 0 Å². The van der Waals surface area contributed by atoms with Crippen LogP contribution in [-0.4, -0.2) is 135 Å². The number of carbonyl (C=O) groups is 9. The summed E-state index contributed by atoms with van der Waals surface area (Å²) in [5, 5.41) is 0. The lowest BCUT2D eigenvalue weighted by molar-refractivity contribution is -0.385. The van der Waals surface area contributed by atoms with Crippen LogP contribution in [0.4, 0.5) is 0 Å². The van der Waals surface area contributed by atoms with E-state index in [0.29, 0.717) is 13.0 Å². The van der Waals surface area contributed by atoms with Crippen LogP contribution in [0.3, 0.4) is 0 Å². The van der Waals surface area contributed by atoms with E-state index in [0.717, 1.165) is 26.7 Å². The van der Waals surface area contributed by atoms with Crippen LogP contribution in [0.2, 0.25) is 0 Å². The second-order valence-corrected chi connectivity index (χ2v) is 27.0. The van der Waals surface area contributed by atoms with Gasteiger partial charge in [0.25, 0.3) is 0 Å². The van der Waals surface area contributed by atoms with Gasteiger partial charge in [-0.1, -0.05) is 257 Å². The van der Waals surface area contributed by atoms with E-state index in [1.165, 1.54) is 230 Å². The van der Waals surface area contributed by atoms with Gasteiger partial charge in [0.2, 0.25) is 12.1 Å².